The summed E-state index contributed by atoms with van der Waals surface area (Å²) in [6.45, 7) is 8.20. The highest BCUT2D eigenvalue weighted by Crippen LogP contribution is 2.27. The second-order valence-corrected chi connectivity index (χ2v) is 6.97. The monoisotopic (exact) mass is 313 g/mol. The first-order chi connectivity index (χ1) is 11.3. The Morgan fingerprint density at radius 2 is 1.87 bits per heavy atom. The number of pyridine rings is 1. The quantitative estimate of drug-likeness (QED) is 0.869. The Kier molecular flexibility index (Phi) is 4.21. The van der Waals surface area contributed by atoms with Crippen molar-refractivity contribution in [3.8, 4) is 0 Å². The van der Waals surface area contributed by atoms with Crippen molar-refractivity contribution in [3.63, 3.8) is 0 Å². The summed E-state index contributed by atoms with van der Waals surface area (Å²) in [5.41, 5.74) is 2.27. The SMILES string of the molecule is CCCN1CCC(c2nc3ccc(N4CCCC4)cn3n2)CC1. The molecule has 0 aromatic carbocycles. The molecule has 2 fully saturated rings. The van der Waals surface area contributed by atoms with Crippen molar-refractivity contribution in [2.24, 2.45) is 0 Å². The molecule has 2 aliphatic rings. The molecule has 2 aromatic heterocycles. The van der Waals surface area contributed by atoms with Crippen molar-refractivity contribution in [2.45, 2.75) is 44.9 Å². The fourth-order valence-electron chi connectivity index (χ4n) is 3.96. The zero-order valence-corrected chi connectivity index (χ0v) is 14.1. The molecule has 0 unspecified atom stereocenters. The van der Waals surface area contributed by atoms with Gasteiger partial charge in [-0.05, 0) is 63.9 Å². The van der Waals surface area contributed by atoms with Crippen LogP contribution in [0, 0.1) is 0 Å². The van der Waals surface area contributed by atoms with Gasteiger partial charge >= 0.3 is 0 Å². The van der Waals surface area contributed by atoms with Crippen molar-refractivity contribution in [3.05, 3.63) is 24.2 Å². The van der Waals surface area contributed by atoms with Crippen LogP contribution in [0.25, 0.3) is 5.65 Å². The summed E-state index contributed by atoms with van der Waals surface area (Å²) in [5, 5.41) is 4.80. The van der Waals surface area contributed by atoms with Crippen LogP contribution in [-0.4, -0.2) is 52.2 Å². The zero-order valence-electron chi connectivity index (χ0n) is 14.1. The summed E-state index contributed by atoms with van der Waals surface area (Å²) in [6.07, 6.45) is 8.39. The predicted octanol–water partition coefficient (Wildman–Crippen LogP) is 2.92. The Balaban J connectivity index is 1.50. The second kappa shape index (κ2) is 6.48. The summed E-state index contributed by atoms with van der Waals surface area (Å²) in [5.74, 6) is 1.57. The van der Waals surface area contributed by atoms with Crippen LogP contribution in [0.1, 0.15) is 50.8 Å². The highest BCUT2D eigenvalue weighted by molar-refractivity contribution is 5.51. The lowest BCUT2D eigenvalue weighted by atomic mass is 9.96. The van der Waals surface area contributed by atoms with Gasteiger partial charge in [-0.3, -0.25) is 0 Å². The summed E-state index contributed by atoms with van der Waals surface area (Å²) in [7, 11) is 0. The van der Waals surface area contributed by atoms with E-state index in [2.05, 4.69) is 35.1 Å². The maximum Gasteiger partial charge on any atom is 0.155 e. The molecule has 0 atom stereocenters. The number of hydrogen-bond donors (Lipinski definition) is 0. The molecule has 0 saturated carbocycles. The molecule has 23 heavy (non-hydrogen) atoms. The van der Waals surface area contributed by atoms with Gasteiger partial charge in [-0.15, -0.1) is 0 Å². The van der Waals surface area contributed by atoms with Gasteiger partial charge in [-0.1, -0.05) is 6.92 Å². The first-order valence-corrected chi connectivity index (χ1v) is 9.17. The molecule has 2 saturated heterocycles. The Labute approximate surface area is 138 Å². The standard InChI is InChI=1S/C18H27N5/c1-2-9-21-12-7-15(8-13-21)18-19-17-6-5-16(14-23(17)20-18)22-10-3-4-11-22/h5-6,14-15H,2-4,7-13H2,1H3. The lowest BCUT2D eigenvalue weighted by Gasteiger charge is -2.30. The zero-order chi connectivity index (χ0) is 15.6. The van der Waals surface area contributed by atoms with Gasteiger partial charge < -0.3 is 9.80 Å². The third-order valence-corrected chi connectivity index (χ3v) is 5.30. The molecule has 0 N–H and O–H groups in total. The van der Waals surface area contributed by atoms with E-state index in [-0.39, 0.29) is 0 Å². The number of nitrogens with zero attached hydrogens (tertiary/aromatic N) is 5. The molecule has 0 amide bonds. The van der Waals surface area contributed by atoms with Crippen LogP contribution < -0.4 is 4.90 Å². The molecule has 5 nitrogen and oxygen atoms in total. The molecule has 0 bridgehead atoms. The van der Waals surface area contributed by atoms with Crippen molar-refractivity contribution in [1.29, 1.82) is 0 Å². The summed E-state index contributed by atoms with van der Waals surface area (Å²) in [6, 6.07) is 4.32. The van der Waals surface area contributed by atoms with Crippen molar-refractivity contribution in [2.75, 3.05) is 37.6 Å². The third kappa shape index (κ3) is 3.07. The average Bonchev–Trinajstić information content (AvgIpc) is 3.24. The highest BCUT2D eigenvalue weighted by Gasteiger charge is 2.23. The number of piperidine rings is 1. The van der Waals surface area contributed by atoms with E-state index in [4.69, 9.17) is 10.1 Å². The van der Waals surface area contributed by atoms with Crippen molar-refractivity contribution in [1.82, 2.24) is 19.5 Å². The third-order valence-electron chi connectivity index (χ3n) is 5.30. The largest absolute Gasteiger partial charge is 0.370 e. The average molecular weight is 313 g/mol. The van der Waals surface area contributed by atoms with Gasteiger partial charge in [0.15, 0.2) is 11.5 Å². The van der Waals surface area contributed by atoms with Gasteiger partial charge in [-0.2, -0.15) is 5.10 Å². The van der Waals surface area contributed by atoms with Crippen LogP contribution in [0.4, 0.5) is 5.69 Å². The van der Waals surface area contributed by atoms with E-state index in [1.54, 1.807) is 0 Å². The molecule has 2 aliphatic heterocycles. The fraction of sp³-hybridized carbons (Fsp3) is 0.667. The normalized spacial score (nSPS) is 20.7. The molecule has 0 aliphatic carbocycles. The predicted molar refractivity (Wildman–Crippen MR) is 93.1 cm³/mol. The van der Waals surface area contributed by atoms with Crippen LogP contribution in [-0.2, 0) is 0 Å². The number of aromatic nitrogens is 3. The number of anilines is 1. The van der Waals surface area contributed by atoms with Gasteiger partial charge in [0.05, 0.1) is 11.9 Å². The van der Waals surface area contributed by atoms with E-state index in [1.807, 2.05) is 4.52 Å². The molecular weight excluding hydrogens is 286 g/mol. The maximum atomic E-state index is 4.80. The molecule has 4 heterocycles. The minimum atomic E-state index is 0.526. The van der Waals surface area contributed by atoms with Crippen LogP contribution in [0.3, 0.4) is 0 Å². The first-order valence-electron chi connectivity index (χ1n) is 9.17. The van der Waals surface area contributed by atoms with Gasteiger partial charge in [0, 0.05) is 19.0 Å². The highest BCUT2D eigenvalue weighted by atomic mass is 15.3. The molecule has 4 rings (SSSR count). The van der Waals surface area contributed by atoms with E-state index >= 15 is 0 Å². The van der Waals surface area contributed by atoms with Gasteiger partial charge in [-0.25, -0.2) is 9.50 Å². The van der Waals surface area contributed by atoms with Gasteiger partial charge in [0.25, 0.3) is 0 Å². The number of hydrogen-bond acceptors (Lipinski definition) is 4. The molecule has 5 heteroatoms. The molecule has 124 valence electrons. The van der Waals surface area contributed by atoms with Crippen LogP contribution in [0.15, 0.2) is 18.3 Å². The number of fused-ring (bicyclic) bond motifs is 1. The van der Waals surface area contributed by atoms with E-state index < -0.39 is 0 Å². The molecular formula is C18H27N5. The smallest absolute Gasteiger partial charge is 0.155 e. The Hall–Kier alpha value is -1.62. The first kappa shape index (κ1) is 14.9. The second-order valence-electron chi connectivity index (χ2n) is 6.97. The van der Waals surface area contributed by atoms with Gasteiger partial charge in [0.2, 0.25) is 0 Å². The van der Waals surface area contributed by atoms with E-state index in [9.17, 15) is 0 Å². The van der Waals surface area contributed by atoms with Crippen molar-refractivity contribution < 1.29 is 0 Å². The van der Waals surface area contributed by atoms with E-state index in [1.165, 1.54) is 70.5 Å². The van der Waals surface area contributed by atoms with E-state index in [0.717, 1.165) is 11.5 Å². The number of rotatable bonds is 4. The van der Waals surface area contributed by atoms with E-state index in [0.29, 0.717) is 5.92 Å². The van der Waals surface area contributed by atoms with Crippen LogP contribution in [0.2, 0.25) is 0 Å². The summed E-state index contributed by atoms with van der Waals surface area (Å²) < 4.78 is 1.99. The Bertz CT molecular complexity index is 650. The van der Waals surface area contributed by atoms with Crippen LogP contribution in [0.5, 0.6) is 0 Å². The minimum absolute atomic E-state index is 0.526. The molecule has 2 aromatic rings. The number of likely N-dealkylation sites (tertiary alicyclic amines) is 1. The lowest BCUT2D eigenvalue weighted by Crippen LogP contribution is -2.33. The van der Waals surface area contributed by atoms with Crippen molar-refractivity contribution >= 4 is 11.3 Å². The molecule has 0 spiro atoms. The molecule has 0 radical (unpaired) electrons. The Morgan fingerprint density at radius 3 is 2.61 bits per heavy atom. The lowest BCUT2D eigenvalue weighted by molar-refractivity contribution is 0.210. The summed E-state index contributed by atoms with van der Waals surface area (Å²) in [4.78, 5) is 9.81. The minimum Gasteiger partial charge on any atom is -0.370 e. The summed E-state index contributed by atoms with van der Waals surface area (Å²) >= 11 is 0. The van der Waals surface area contributed by atoms with Gasteiger partial charge in [0.1, 0.15) is 0 Å². The topological polar surface area (TPSA) is 36.7 Å². The Morgan fingerprint density at radius 1 is 1.09 bits per heavy atom. The maximum absolute atomic E-state index is 4.80. The van der Waals surface area contributed by atoms with Crippen LogP contribution >= 0.6 is 0 Å². The fourth-order valence-corrected chi connectivity index (χ4v) is 3.96.